The van der Waals surface area contributed by atoms with Gasteiger partial charge in [-0.1, -0.05) is 12.2 Å². The minimum atomic E-state index is -0.854. The summed E-state index contributed by atoms with van der Waals surface area (Å²) in [6, 6.07) is 0. The van der Waals surface area contributed by atoms with Crippen molar-refractivity contribution in [3.05, 3.63) is 88.0 Å². The summed E-state index contributed by atoms with van der Waals surface area (Å²) >= 11 is 0. The van der Waals surface area contributed by atoms with E-state index in [0.717, 1.165) is 88.0 Å². The van der Waals surface area contributed by atoms with E-state index in [2.05, 4.69) is 64.2 Å². The number of aromatic nitrogens is 4. The second-order valence-electron chi connectivity index (χ2n) is 11.0. The lowest BCUT2D eigenvalue weighted by atomic mass is 10.0. The Balaban J connectivity index is 1.94. The molecule has 4 aromatic heterocycles. The van der Waals surface area contributed by atoms with Crippen molar-refractivity contribution >= 4 is 48.4 Å². The van der Waals surface area contributed by atoms with Crippen LogP contribution in [0.1, 0.15) is 82.8 Å². The largest absolute Gasteiger partial charge is 0.481 e. The van der Waals surface area contributed by atoms with Gasteiger partial charge in [0.25, 0.3) is 0 Å². The maximum Gasteiger partial charge on any atom is 0.303 e. The van der Waals surface area contributed by atoms with Crippen LogP contribution >= 0.6 is 0 Å². The highest BCUT2D eigenvalue weighted by Crippen LogP contribution is 2.22. The first kappa shape index (κ1) is 28.8. The molecule has 4 aromatic rings. The zero-order chi connectivity index (χ0) is 30.3. The molecular formula is C34H38N4O4. The number of carbonyl (C=O) groups is 2. The van der Waals surface area contributed by atoms with Crippen LogP contribution in [0, 0.1) is 27.7 Å². The van der Waals surface area contributed by atoms with E-state index in [9.17, 15) is 19.8 Å². The summed E-state index contributed by atoms with van der Waals surface area (Å²) in [4.78, 5) is 37.4. The summed E-state index contributed by atoms with van der Waals surface area (Å²) < 4.78 is 0. The number of rotatable bonds is 6. The molecule has 5 rings (SSSR count). The highest BCUT2D eigenvalue weighted by Gasteiger charge is 2.16. The molecule has 0 amide bonds. The van der Waals surface area contributed by atoms with Crippen molar-refractivity contribution in [3.8, 4) is 0 Å². The Morgan fingerprint density at radius 2 is 1.02 bits per heavy atom. The third-order valence-corrected chi connectivity index (χ3v) is 8.55. The fourth-order valence-electron chi connectivity index (χ4n) is 6.15. The Bertz CT molecular complexity index is 2110. The molecule has 8 heteroatoms. The summed E-state index contributed by atoms with van der Waals surface area (Å²) in [6.07, 6.45) is 13.3. The van der Waals surface area contributed by atoms with Crippen LogP contribution in [0.3, 0.4) is 0 Å². The van der Waals surface area contributed by atoms with Crippen LogP contribution < -0.4 is 31.8 Å². The number of carboxylic acids is 2. The summed E-state index contributed by atoms with van der Waals surface area (Å²) in [5, 5.41) is 24.9. The number of carboxylic acid groups (broad SMARTS) is 2. The molecule has 0 unspecified atom stereocenters. The summed E-state index contributed by atoms with van der Waals surface area (Å²) in [5.41, 5.74) is 9.79. The Kier molecular flexibility index (Phi) is 7.73. The lowest BCUT2D eigenvalue weighted by Gasteiger charge is -2.01. The van der Waals surface area contributed by atoms with Gasteiger partial charge in [0.15, 0.2) is 0 Å². The predicted molar refractivity (Wildman–Crippen MR) is 166 cm³/mol. The lowest BCUT2D eigenvalue weighted by Crippen LogP contribution is -2.24. The first-order valence-electron chi connectivity index (χ1n) is 14.3. The standard InChI is InChI=1S/C34H38N4O4/c1-7-21-17(3)25-13-26-19(5)23(9-11-33(39)40)31(37-26)16-32-24(10-12-34(41)42)20(6)28(38-32)15-30-22(8-2)18(4)27(36-30)14-29(21)35-25/h7-8,13-16,35-38H,9-12H2,1-6H3,(H,39,40)(H,41,42)/b21-7+,22-8-,26-13-,29-14-,30-15-,31-16-. The third-order valence-electron chi connectivity index (χ3n) is 8.55. The highest BCUT2D eigenvalue weighted by atomic mass is 16.4. The van der Waals surface area contributed by atoms with E-state index in [4.69, 9.17) is 0 Å². The first-order chi connectivity index (χ1) is 20.0. The first-order valence-corrected chi connectivity index (χ1v) is 14.3. The fraction of sp³-hybridized carbons (Fsp3) is 0.294. The molecule has 0 atom stereocenters. The van der Waals surface area contributed by atoms with Gasteiger partial charge >= 0.3 is 11.9 Å². The van der Waals surface area contributed by atoms with Gasteiger partial charge in [0.2, 0.25) is 0 Å². The summed E-state index contributed by atoms with van der Waals surface area (Å²) in [5.74, 6) is -1.71. The molecule has 0 fully saturated rings. The molecule has 0 aromatic carbocycles. The van der Waals surface area contributed by atoms with E-state index in [1.807, 2.05) is 33.8 Å². The Hall–Kier alpha value is -4.72. The van der Waals surface area contributed by atoms with Crippen molar-refractivity contribution in [2.75, 3.05) is 0 Å². The van der Waals surface area contributed by atoms with Gasteiger partial charge in [0.1, 0.15) is 0 Å². The van der Waals surface area contributed by atoms with Gasteiger partial charge in [-0.05, 0) is 123 Å². The van der Waals surface area contributed by atoms with Crippen molar-refractivity contribution in [2.45, 2.75) is 67.2 Å². The van der Waals surface area contributed by atoms with Gasteiger partial charge in [0, 0.05) is 57.0 Å². The van der Waals surface area contributed by atoms with Gasteiger partial charge in [-0.25, -0.2) is 0 Å². The van der Waals surface area contributed by atoms with Gasteiger partial charge < -0.3 is 30.1 Å². The molecule has 5 heterocycles. The topological polar surface area (TPSA) is 138 Å². The fourth-order valence-corrected chi connectivity index (χ4v) is 6.15. The van der Waals surface area contributed by atoms with E-state index in [1.54, 1.807) is 0 Å². The molecule has 8 nitrogen and oxygen atoms in total. The van der Waals surface area contributed by atoms with Crippen LogP contribution in [-0.4, -0.2) is 42.1 Å². The number of H-pyrrole nitrogens is 4. The molecule has 218 valence electrons. The Morgan fingerprint density at radius 1 is 0.571 bits per heavy atom. The number of fused-ring (bicyclic) bond motifs is 8. The van der Waals surface area contributed by atoms with Crippen LogP contribution in [-0.2, 0) is 22.4 Å². The molecule has 8 bridgehead atoms. The van der Waals surface area contributed by atoms with E-state index in [-0.39, 0.29) is 12.8 Å². The monoisotopic (exact) mass is 566 g/mol. The average molecular weight is 567 g/mol. The maximum atomic E-state index is 11.5. The number of hydrogen-bond acceptors (Lipinski definition) is 2. The molecule has 0 saturated carbocycles. The molecular weight excluding hydrogens is 528 g/mol. The van der Waals surface area contributed by atoms with Crippen LogP contribution in [0.2, 0.25) is 0 Å². The van der Waals surface area contributed by atoms with Gasteiger partial charge in [-0.2, -0.15) is 0 Å². The van der Waals surface area contributed by atoms with Crippen LogP contribution in [0.15, 0.2) is 0 Å². The van der Waals surface area contributed by atoms with E-state index < -0.39 is 11.9 Å². The van der Waals surface area contributed by atoms with Crippen LogP contribution in [0.25, 0.3) is 36.5 Å². The summed E-state index contributed by atoms with van der Waals surface area (Å²) in [7, 11) is 0. The molecule has 42 heavy (non-hydrogen) atoms. The average Bonchev–Trinajstić information content (AvgIpc) is 3.59. The molecule has 0 spiro atoms. The molecule has 0 radical (unpaired) electrons. The predicted octanol–water partition coefficient (Wildman–Crippen LogP) is 1.50. The second-order valence-corrected chi connectivity index (χ2v) is 11.0. The van der Waals surface area contributed by atoms with Gasteiger partial charge in [-0.3, -0.25) is 9.59 Å². The maximum absolute atomic E-state index is 11.5. The van der Waals surface area contributed by atoms with Gasteiger partial charge in [-0.15, -0.1) is 0 Å². The molecule has 1 aliphatic heterocycles. The van der Waals surface area contributed by atoms with E-state index in [1.165, 1.54) is 0 Å². The molecule has 1 aliphatic rings. The zero-order valence-corrected chi connectivity index (χ0v) is 25.0. The van der Waals surface area contributed by atoms with Crippen molar-refractivity contribution in [2.24, 2.45) is 0 Å². The van der Waals surface area contributed by atoms with Gasteiger partial charge in [0.05, 0.1) is 0 Å². The Labute approximate surface area is 243 Å². The highest BCUT2D eigenvalue weighted by molar-refractivity contribution is 5.69. The molecule has 6 N–H and O–H groups in total. The minimum absolute atomic E-state index is 0.00727. The third kappa shape index (κ3) is 5.20. The number of nitrogens with one attached hydrogen (secondary N) is 4. The Morgan fingerprint density at radius 3 is 1.52 bits per heavy atom. The van der Waals surface area contributed by atoms with Crippen LogP contribution in [0.4, 0.5) is 0 Å². The van der Waals surface area contributed by atoms with Crippen molar-refractivity contribution in [1.29, 1.82) is 0 Å². The normalized spacial score (nSPS) is 16.6. The van der Waals surface area contributed by atoms with Crippen molar-refractivity contribution in [1.82, 2.24) is 19.9 Å². The van der Waals surface area contributed by atoms with Crippen LogP contribution in [0.5, 0.6) is 0 Å². The second kappa shape index (κ2) is 11.3. The number of hydrogen-bond donors (Lipinski definition) is 6. The lowest BCUT2D eigenvalue weighted by molar-refractivity contribution is -0.138. The van der Waals surface area contributed by atoms with Crippen molar-refractivity contribution < 1.29 is 19.8 Å². The number of aromatic amines is 4. The molecule has 0 saturated heterocycles. The van der Waals surface area contributed by atoms with E-state index >= 15 is 0 Å². The smallest absolute Gasteiger partial charge is 0.303 e. The summed E-state index contributed by atoms with van der Waals surface area (Å²) in [6.45, 7) is 12.3. The minimum Gasteiger partial charge on any atom is -0.481 e. The quantitative estimate of drug-likeness (QED) is 0.186. The molecule has 0 aliphatic carbocycles. The van der Waals surface area contributed by atoms with E-state index in [0.29, 0.717) is 12.8 Å². The SMILES string of the molecule is C/C=c1/c(C)c2[nH]/c1=C\c1[nH]c(c(CCC(=O)O)c1C)/C=c1\[nH]/c(c(C)c1CCC(=O)O)=C\c1[nH]c(/c(=C/C)c1C)=C\2. The number of aliphatic carboxylic acids is 2. The van der Waals surface area contributed by atoms with Crippen molar-refractivity contribution in [3.63, 3.8) is 0 Å². The zero-order valence-electron chi connectivity index (χ0n) is 25.0.